The van der Waals surface area contributed by atoms with Gasteiger partial charge >= 0.3 is 5.97 Å². The lowest BCUT2D eigenvalue weighted by Crippen LogP contribution is -2.02. The van der Waals surface area contributed by atoms with Crippen LogP contribution in [0.4, 0.5) is 0 Å². The van der Waals surface area contributed by atoms with Crippen molar-refractivity contribution in [3.8, 4) is 28.1 Å². The highest BCUT2D eigenvalue weighted by molar-refractivity contribution is 6.31. The number of carbonyl (C=O) groups is 1. The second-order valence-corrected chi connectivity index (χ2v) is 6.76. The van der Waals surface area contributed by atoms with Crippen molar-refractivity contribution in [1.82, 2.24) is 4.98 Å². The molecule has 3 rings (SSSR count). The molecular formula is C23H20ClNO3. The van der Waals surface area contributed by atoms with Gasteiger partial charge in [0.15, 0.2) is 0 Å². The lowest BCUT2D eigenvalue weighted by molar-refractivity contribution is 0.0690. The van der Waals surface area contributed by atoms with Gasteiger partial charge in [0.2, 0.25) is 0 Å². The van der Waals surface area contributed by atoms with Crippen molar-refractivity contribution in [3.05, 3.63) is 83.0 Å². The standard InChI is InChI=1S/C23H20ClNO3/c1-3-15(2)14-28-22-12-11-16(24)13-19(22)17-7-4-5-8-18(17)20-9-6-10-21(25-20)23(26)27/h3-13H,14H2,1-2H3,(H,26,27)/b15-3+. The minimum absolute atomic E-state index is 0.00132. The smallest absolute Gasteiger partial charge is 0.354 e. The quantitative estimate of drug-likeness (QED) is 0.513. The zero-order valence-electron chi connectivity index (χ0n) is 15.6. The summed E-state index contributed by atoms with van der Waals surface area (Å²) in [4.78, 5) is 15.6. The van der Waals surface area contributed by atoms with Crippen LogP contribution in [0.3, 0.4) is 0 Å². The summed E-state index contributed by atoms with van der Waals surface area (Å²) < 4.78 is 6.01. The van der Waals surface area contributed by atoms with Crippen molar-refractivity contribution >= 4 is 17.6 Å². The molecule has 142 valence electrons. The Balaban J connectivity index is 2.12. The minimum atomic E-state index is -1.06. The first kappa shape index (κ1) is 19.6. The van der Waals surface area contributed by atoms with Crippen LogP contribution >= 0.6 is 11.6 Å². The average molecular weight is 394 g/mol. The van der Waals surface area contributed by atoms with Gasteiger partial charge in [0.25, 0.3) is 0 Å². The molecule has 0 aliphatic rings. The number of aromatic carboxylic acids is 1. The molecule has 0 atom stereocenters. The lowest BCUT2D eigenvalue weighted by Gasteiger charge is -2.15. The maximum Gasteiger partial charge on any atom is 0.354 e. The number of pyridine rings is 1. The van der Waals surface area contributed by atoms with Crippen molar-refractivity contribution in [2.24, 2.45) is 0 Å². The molecule has 1 N–H and O–H groups in total. The molecule has 1 heterocycles. The molecule has 28 heavy (non-hydrogen) atoms. The van der Waals surface area contributed by atoms with E-state index in [9.17, 15) is 9.90 Å². The molecule has 0 saturated carbocycles. The first-order chi connectivity index (χ1) is 13.5. The molecule has 5 heteroatoms. The van der Waals surface area contributed by atoms with Gasteiger partial charge in [-0.3, -0.25) is 0 Å². The molecule has 4 nitrogen and oxygen atoms in total. The third-order valence-corrected chi connectivity index (χ3v) is 4.59. The maximum absolute atomic E-state index is 11.3. The molecule has 0 aliphatic carbocycles. The fourth-order valence-electron chi connectivity index (χ4n) is 2.76. The van der Waals surface area contributed by atoms with Gasteiger partial charge in [-0.1, -0.05) is 48.0 Å². The second kappa shape index (κ2) is 8.72. The molecule has 0 aliphatic heterocycles. The van der Waals surface area contributed by atoms with Crippen LogP contribution in [0.2, 0.25) is 5.02 Å². The number of allylic oxidation sites excluding steroid dienone is 1. The molecule has 3 aromatic rings. The first-order valence-corrected chi connectivity index (χ1v) is 9.21. The van der Waals surface area contributed by atoms with E-state index in [4.69, 9.17) is 16.3 Å². The van der Waals surface area contributed by atoms with E-state index in [0.29, 0.717) is 23.1 Å². The third-order valence-electron chi connectivity index (χ3n) is 4.35. The molecule has 0 unspecified atom stereocenters. The van der Waals surface area contributed by atoms with E-state index in [0.717, 1.165) is 22.3 Å². The fraction of sp³-hybridized carbons (Fsp3) is 0.130. The van der Waals surface area contributed by atoms with Gasteiger partial charge in [-0.25, -0.2) is 9.78 Å². The number of halogens is 1. The van der Waals surface area contributed by atoms with Gasteiger partial charge in [-0.2, -0.15) is 0 Å². The summed E-state index contributed by atoms with van der Waals surface area (Å²) in [6.45, 7) is 4.45. The van der Waals surface area contributed by atoms with Crippen LogP contribution in [0.15, 0.2) is 72.3 Å². The van der Waals surface area contributed by atoms with E-state index in [1.165, 1.54) is 6.07 Å². The number of carboxylic acid groups (broad SMARTS) is 1. The Bertz CT molecular complexity index is 1040. The Morgan fingerprint density at radius 2 is 1.82 bits per heavy atom. The molecule has 0 saturated heterocycles. The van der Waals surface area contributed by atoms with Crippen molar-refractivity contribution in [2.45, 2.75) is 13.8 Å². The zero-order valence-corrected chi connectivity index (χ0v) is 16.4. The monoisotopic (exact) mass is 393 g/mol. The van der Waals surface area contributed by atoms with Crippen molar-refractivity contribution < 1.29 is 14.6 Å². The molecule has 0 bridgehead atoms. The van der Waals surface area contributed by atoms with Gasteiger partial charge in [0, 0.05) is 16.1 Å². The van der Waals surface area contributed by atoms with Crippen LogP contribution in [0.1, 0.15) is 24.3 Å². The van der Waals surface area contributed by atoms with E-state index in [1.54, 1.807) is 18.2 Å². The highest BCUT2D eigenvalue weighted by Gasteiger charge is 2.15. The van der Waals surface area contributed by atoms with E-state index < -0.39 is 5.97 Å². The summed E-state index contributed by atoms with van der Waals surface area (Å²) in [5.74, 6) is -0.361. The predicted octanol–water partition coefficient (Wildman–Crippen LogP) is 6.11. The van der Waals surface area contributed by atoms with Gasteiger partial charge in [0.1, 0.15) is 18.1 Å². The van der Waals surface area contributed by atoms with Crippen molar-refractivity contribution in [3.63, 3.8) is 0 Å². The number of rotatable bonds is 6. The maximum atomic E-state index is 11.3. The summed E-state index contributed by atoms with van der Waals surface area (Å²) in [5.41, 5.74) is 4.19. The lowest BCUT2D eigenvalue weighted by atomic mass is 9.96. The zero-order chi connectivity index (χ0) is 20.1. The van der Waals surface area contributed by atoms with Crippen LogP contribution in [0.5, 0.6) is 5.75 Å². The largest absolute Gasteiger partial charge is 0.489 e. The Morgan fingerprint density at radius 3 is 2.54 bits per heavy atom. The number of nitrogens with zero attached hydrogens (tertiary/aromatic N) is 1. The van der Waals surface area contributed by atoms with Crippen LogP contribution in [-0.2, 0) is 0 Å². The van der Waals surface area contributed by atoms with Crippen LogP contribution in [0, 0.1) is 0 Å². The van der Waals surface area contributed by atoms with Crippen LogP contribution in [0.25, 0.3) is 22.4 Å². The average Bonchev–Trinajstić information content (AvgIpc) is 2.72. The van der Waals surface area contributed by atoms with Crippen LogP contribution < -0.4 is 4.74 Å². The number of benzene rings is 2. The van der Waals surface area contributed by atoms with E-state index >= 15 is 0 Å². The van der Waals surface area contributed by atoms with Gasteiger partial charge in [0.05, 0.1) is 5.69 Å². The number of carboxylic acids is 1. The SMILES string of the molecule is C/C=C(\C)COc1ccc(Cl)cc1-c1ccccc1-c1cccc(C(=O)O)n1. The van der Waals surface area contributed by atoms with E-state index in [-0.39, 0.29) is 5.69 Å². The number of aromatic nitrogens is 1. The van der Waals surface area contributed by atoms with E-state index in [2.05, 4.69) is 4.98 Å². The molecule has 0 fully saturated rings. The normalized spacial score (nSPS) is 11.3. The highest BCUT2D eigenvalue weighted by atomic mass is 35.5. The summed E-state index contributed by atoms with van der Waals surface area (Å²) in [7, 11) is 0. The molecule has 2 aromatic carbocycles. The fourth-order valence-corrected chi connectivity index (χ4v) is 2.93. The molecule has 0 amide bonds. The molecular weight excluding hydrogens is 374 g/mol. The summed E-state index contributed by atoms with van der Waals surface area (Å²) >= 11 is 6.26. The number of hydrogen-bond donors (Lipinski definition) is 1. The van der Waals surface area contributed by atoms with Gasteiger partial charge < -0.3 is 9.84 Å². The summed E-state index contributed by atoms with van der Waals surface area (Å²) in [6, 6.07) is 18.1. The van der Waals surface area contributed by atoms with Gasteiger partial charge in [-0.05, 0) is 55.3 Å². The highest BCUT2D eigenvalue weighted by Crippen LogP contribution is 2.38. The Labute approximate surface area is 169 Å². The minimum Gasteiger partial charge on any atom is -0.489 e. The van der Waals surface area contributed by atoms with Crippen molar-refractivity contribution in [2.75, 3.05) is 6.61 Å². The third kappa shape index (κ3) is 4.41. The topological polar surface area (TPSA) is 59.4 Å². The van der Waals surface area contributed by atoms with Crippen molar-refractivity contribution in [1.29, 1.82) is 0 Å². The van der Waals surface area contributed by atoms with Gasteiger partial charge in [-0.15, -0.1) is 0 Å². The molecule has 0 radical (unpaired) electrons. The molecule has 0 spiro atoms. The summed E-state index contributed by atoms with van der Waals surface area (Å²) in [6.07, 6.45) is 2.00. The molecule has 1 aromatic heterocycles. The summed E-state index contributed by atoms with van der Waals surface area (Å²) in [5, 5.41) is 9.85. The Hall–Kier alpha value is -3.11. The second-order valence-electron chi connectivity index (χ2n) is 6.32. The number of ether oxygens (including phenoxy) is 1. The van der Waals surface area contributed by atoms with E-state index in [1.807, 2.05) is 56.3 Å². The first-order valence-electron chi connectivity index (χ1n) is 8.84. The Morgan fingerprint density at radius 1 is 1.07 bits per heavy atom. The Kier molecular flexibility index (Phi) is 6.12. The van der Waals surface area contributed by atoms with Crippen LogP contribution in [-0.4, -0.2) is 22.7 Å². The number of hydrogen-bond acceptors (Lipinski definition) is 3. The predicted molar refractivity (Wildman–Crippen MR) is 112 cm³/mol.